The molecule has 1 aliphatic rings. The Balaban J connectivity index is 1.99. The quantitative estimate of drug-likeness (QED) is 0.685. The number of likely N-dealkylation sites (N-methyl/N-ethyl adjacent to an activating group) is 1. The van der Waals surface area contributed by atoms with E-state index < -0.39 is 10.0 Å². The minimum atomic E-state index is -3.82. The molecule has 0 spiro atoms. The van der Waals surface area contributed by atoms with Crippen LogP contribution in [0.2, 0.25) is 0 Å². The summed E-state index contributed by atoms with van der Waals surface area (Å²) in [6, 6.07) is 9.98. The molecular weight excluding hydrogens is 378 g/mol. The lowest BCUT2D eigenvalue weighted by Crippen LogP contribution is -2.48. The molecule has 0 amide bonds. The first-order valence-corrected chi connectivity index (χ1v) is 10.7. The fraction of sp³-hybridized carbons (Fsp3) is 0.400. The summed E-state index contributed by atoms with van der Waals surface area (Å²) in [4.78, 5) is 13.2. The van der Waals surface area contributed by atoms with Crippen molar-refractivity contribution in [2.24, 2.45) is 5.18 Å². The van der Waals surface area contributed by atoms with Gasteiger partial charge in [0.05, 0.1) is 0 Å². The Morgan fingerprint density at radius 3 is 2.36 bits per heavy atom. The smallest absolute Gasteiger partial charge is 0.246 e. The second-order valence-electron chi connectivity index (χ2n) is 6.93. The number of rotatable bonds is 6. The Morgan fingerprint density at radius 1 is 1.00 bits per heavy atom. The number of ether oxygens (including phenoxy) is 1. The van der Waals surface area contributed by atoms with Crippen molar-refractivity contribution in [2.45, 2.75) is 25.7 Å². The van der Waals surface area contributed by atoms with E-state index in [0.717, 1.165) is 17.7 Å². The molecule has 1 aliphatic heterocycles. The summed E-state index contributed by atoms with van der Waals surface area (Å²) in [6.07, 6.45) is 0. The summed E-state index contributed by atoms with van der Waals surface area (Å²) in [5, 5.41) is 2.90. The van der Waals surface area contributed by atoms with Gasteiger partial charge in [-0.1, -0.05) is 19.1 Å². The molecule has 2 aromatic carbocycles. The highest BCUT2D eigenvalue weighted by Gasteiger charge is 2.31. The van der Waals surface area contributed by atoms with E-state index in [2.05, 4.69) is 17.0 Å². The molecule has 3 rings (SSSR count). The van der Waals surface area contributed by atoms with E-state index in [4.69, 9.17) is 4.74 Å². The summed E-state index contributed by atoms with van der Waals surface area (Å²) in [5.41, 5.74) is 1.95. The third-order valence-corrected chi connectivity index (χ3v) is 6.91. The van der Waals surface area contributed by atoms with E-state index in [1.54, 1.807) is 0 Å². The van der Waals surface area contributed by atoms with Crippen LogP contribution in [0.1, 0.15) is 18.1 Å². The maximum absolute atomic E-state index is 13.3. The molecule has 0 atom stereocenters. The van der Waals surface area contributed by atoms with Crippen molar-refractivity contribution in [3.8, 4) is 11.5 Å². The maximum Gasteiger partial charge on any atom is 0.246 e. The monoisotopic (exact) mass is 403 g/mol. The Bertz CT molecular complexity index is 967. The highest BCUT2D eigenvalue weighted by Crippen LogP contribution is 2.35. The van der Waals surface area contributed by atoms with Crippen LogP contribution < -0.4 is 4.74 Å². The van der Waals surface area contributed by atoms with Gasteiger partial charge >= 0.3 is 0 Å². The number of aryl methyl sites for hydroxylation is 2. The van der Waals surface area contributed by atoms with Gasteiger partial charge in [0, 0.05) is 26.2 Å². The van der Waals surface area contributed by atoms with E-state index in [-0.39, 0.29) is 16.3 Å². The van der Waals surface area contributed by atoms with Crippen LogP contribution in [0.4, 0.5) is 5.69 Å². The highest BCUT2D eigenvalue weighted by molar-refractivity contribution is 7.89. The highest BCUT2D eigenvalue weighted by atomic mass is 32.2. The summed E-state index contributed by atoms with van der Waals surface area (Å²) in [6.45, 7) is 8.93. The number of piperazine rings is 1. The summed E-state index contributed by atoms with van der Waals surface area (Å²) >= 11 is 0. The molecule has 1 heterocycles. The molecule has 28 heavy (non-hydrogen) atoms. The van der Waals surface area contributed by atoms with Crippen molar-refractivity contribution < 1.29 is 13.2 Å². The summed E-state index contributed by atoms with van der Waals surface area (Å²) in [5.74, 6) is 0.776. The van der Waals surface area contributed by atoms with Gasteiger partial charge in [-0.25, -0.2) is 8.42 Å². The molecule has 1 fully saturated rings. The minimum absolute atomic E-state index is 0.0320. The zero-order valence-corrected chi connectivity index (χ0v) is 17.2. The molecule has 150 valence electrons. The molecule has 0 aliphatic carbocycles. The first-order chi connectivity index (χ1) is 13.3. The number of hydrogen-bond donors (Lipinski definition) is 0. The predicted molar refractivity (Wildman–Crippen MR) is 109 cm³/mol. The molecule has 1 saturated heterocycles. The van der Waals surface area contributed by atoms with Crippen LogP contribution in [0.25, 0.3) is 0 Å². The van der Waals surface area contributed by atoms with E-state index in [1.165, 1.54) is 22.5 Å². The Labute approximate surface area is 165 Å². The molecule has 0 bridgehead atoms. The second-order valence-corrected chi connectivity index (χ2v) is 8.84. The van der Waals surface area contributed by atoms with Gasteiger partial charge in [-0.2, -0.15) is 4.31 Å². The van der Waals surface area contributed by atoms with Crippen LogP contribution in [0.3, 0.4) is 0 Å². The van der Waals surface area contributed by atoms with Crippen molar-refractivity contribution in [3.63, 3.8) is 0 Å². The number of nitrogens with zero attached hydrogens (tertiary/aromatic N) is 3. The van der Waals surface area contributed by atoms with Gasteiger partial charge in [0.2, 0.25) is 10.0 Å². The molecule has 0 radical (unpaired) electrons. The topological polar surface area (TPSA) is 79.3 Å². The molecule has 2 aromatic rings. The average Bonchev–Trinajstić information content (AvgIpc) is 2.71. The molecular formula is C20H25N3O4S. The second kappa shape index (κ2) is 8.38. The lowest BCUT2D eigenvalue weighted by atomic mass is 10.1. The Hall–Kier alpha value is -2.29. The van der Waals surface area contributed by atoms with Gasteiger partial charge < -0.3 is 9.64 Å². The SMILES string of the molecule is CCN1CCN(S(=O)(=O)c2cc(N=O)ccc2Oc2cc(C)ccc2C)CC1. The maximum atomic E-state index is 13.3. The lowest BCUT2D eigenvalue weighted by Gasteiger charge is -2.33. The number of benzene rings is 2. The number of sulfonamides is 1. The molecule has 0 N–H and O–H groups in total. The van der Waals surface area contributed by atoms with Crippen molar-refractivity contribution >= 4 is 15.7 Å². The van der Waals surface area contributed by atoms with E-state index >= 15 is 0 Å². The van der Waals surface area contributed by atoms with Gasteiger partial charge in [-0.3, -0.25) is 0 Å². The first kappa shape index (κ1) is 20.4. The molecule has 0 aromatic heterocycles. The average molecular weight is 404 g/mol. The zero-order valence-electron chi connectivity index (χ0n) is 16.4. The van der Waals surface area contributed by atoms with Gasteiger partial charge in [-0.05, 0) is 61.0 Å². The van der Waals surface area contributed by atoms with Gasteiger partial charge in [0.15, 0.2) is 0 Å². The van der Waals surface area contributed by atoms with E-state index in [1.807, 2.05) is 32.0 Å². The van der Waals surface area contributed by atoms with Gasteiger partial charge in [-0.15, -0.1) is 4.91 Å². The fourth-order valence-electron chi connectivity index (χ4n) is 3.20. The van der Waals surface area contributed by atoms with Crippen molar-refractivity contribution in [3.05, 3.63) is 52.4 Å². The minimum Gasteiger partial charge on any atom is -0.456 e. The lowest BCUT2D eigenvalue weighted by molar-refractivity contribution is 0.196. The molecule has 8 heteroatoms. The fourth-order valence-corrected chi connectivity index (χ4v) is 4.76. The van der Waals surface area contributed by atoms with Crippen LogP contribution in [-0.2, 0) is 10.0 Å². The normalized spacial score (nSPS) is 16.1. The van der Waals surface area contributed by atoms with Crippen molar-refractivity contribution in [1.82, 2.24) is 9.21 Å². The van der Waals surface area contributed by atoms with Crippen LogP contribution in [-0.4, -0.2) is 50.3 Å². The standard InChI is InChI=1S/C20H25N3O4S/c1-4-22-9-11-23(12-10-22)28(25,26)20-14-17(21-24)7-8-18(20)27-19-13-15(2)5-6-16(19)3/h5-8,13-14H,4,9-12H2,1-3H3. The van der Waals surface area contributed by atoms with E-state index in [0.29, 0.717) is 31.9 Å². The van der Waals surface area contributed by atoms with Crippen molar-refractivity contribution in [1.29, 1.82) is 0 Å². The van der Waals surface area contributed by atoms with Gasteiger partial charge in [0.1, 0.15) is 22.1 Å². The predicted octanol–water partition coefficient (Wildman–Crippen LogP) is 3.82. The molecule has 0 unspecified atom stereocenters. The third-order valence-electron chi connectivity index (χ3n) is 4.99. The van der Waals surface area contributed by atoms with Crippen LogP contribution in [0.5, 0.6) is 11.5 Å². The van der Waals surface area contributed by atoms with Crippen LogP contribution >= 0.6 is 0 Å². The van der Waals surface area contributed by atoms with Crippen molar-refractivity contribution in [2.75, 3.05) is 32.7 Å². The van der Waals surface area contributed by atoms with E-state index in [9.17, 15) is 13.3 Å². The largest absolute Gasteiger partial charge is 0.456 e. The first-order valence-electron chi connectivity index (χ1n) is 9.30. The zero-order chi connectivity index (χ0) is 20.3. The van der Waals surface area contributed by atoms with Crippen LogP contribution in [0, 0.1) is 18.8 Å². The Kier molecular flexibility index (Phi) is 6.12. The summed E-state index contributed by atoms with van der Waals surface area (Å²) in [7, 11) is -3.82. The molecule has 7 nitrogen and oxygen atoms in total. The number of nitroso groups, excluding NO2 is 1. The number of hydrogen-bond acceptors (Lipinski definition) is 6. The summed E-state index contributed by atoms with van der Waals surface area (Å²) < 4.78 is 34.0. The van der Waals surface area contributed by atoms with Crippen LogP contribution in [0.15, 0.2) is 46.5 Å². The third kappa shape index (κ3) is 4.24. The molecule has 0 saturated carbocycles. The van der Waals surface area contributed by atoms with Gasteiger partial charge in [0.25, 0.3) is 0 Å². The Morgan fingerprint density at radius 2 is 1.71 bits per heavy atom.